The minimum atomic E-state index is -0.629. The van der Waals surface area contributed by atoms with Crippen molar-refractivity contribution in [2.24, 2.45) is 0 Å². The Kier molecular flexibility index (Phi) is 7.98. The Bertz CT molecular complexity index is 2110. The standard InChI is InChI=1S/C38H38FN5O4/c1-42-14-6-10-27(42)12-13-40-38(46)29-23-44-32-19-24-7-2-3-8-25(24)20-33(32)48-37-34(30(39)21-28(35(37)44)36(29)45)41-22-26-9-4-5-11-31(26)43-15-17-47-18-16-43/h2-5,7-9,11,19-21,23,27,41H,6,10,12-18,22H2,1H3,(H,40,46). The van der Waals surface area contributed by atoms with Gasteiger partial charge in [0.15, 0.2) is 17.3 Å². The first-order valence-corrected chi connectivity index (χ1v) is 16.7. The third-order valence-electron chi connectivity index (χ3n) is 9.97. The molecule has 4 heterocycles. The summed E-state index contributed by atoms with van der Waals surface area (Å²) in [5.41, 5.74) is 2.74. The van der Waals surface area contributed by atoms with Crippen LogP contribution in [0.1, 0.15) is 35.2 Å². The number of anilines is 2. The van der Waals surface area contributed by atoms with Crippen molar-refractivity contribution in [3.63, 3.8) is 0 Å². The van der Waals surface area contributed by atoms with Crippen LogP contribution < -0.4 is 25.7 Å². The summed E-state index contributed by atoms with van der Waals surface area (Å²) in [6.07, 6.45) is 4.62. The molecule has 10 heteroatoms. The number of para-hydroxylation sites is 1. The summed E-state index contributed by atoms with van der Waals surface area (Å²) in [5, 5.41) is 8.28. The van der Waals surface area contributed by atoms with Crippen molar-refractivity contribution in [1.29, 1.82) is 0 Å². The fourth-order valence-corrected chi connectivity index (χ4v) is 7.38. The second-order valence-electron chi connectivity index (χ2n) is 12.9. The average Bonchev–Trinajstić information content (AvgIpc) is 3.52. The van der Waals surface area contributed by atoms with E-state index in [4.69, 9.17) is 9.47 Å². The van der Waals surface area contributed by atoms with Gasteiger partial charge in [-0.25, -0.2) is 4.39 Å². The fourth-order valence-electron chi connectivity index (χ4n) is 7.38. The number of likely N-dealkylation sites (tertiary alicyclic amines) is 1. The van der Waals surface area contributed by atoms with Crippen LogP contribution >= 0.6 is 0 Å². The summed E-state index contributed by atoms with van der Waals surface area (Å²) in [7, 11) is 2.10. The molecule has 1 amide bonds. The summed E-state index contributed by atoms with van der Waals surface area (Å²) in [6.45, 7) is 4.70. The number of aromatic nitrogens is 1. The van der Waals surface area contributed by atoms with Crippen LogP contribution in [0.2, 0.25) is 0 Å². The molecule has 1 unspecified atom stereocenters. The van der Waals surface area contributed by atoms with Gasteiger partial charge in [0, 0.05) is 44.1 Å². The lowest BCUT2D eigenvalue weighted by Crippen LogP contribution is -2.36. The van der Waals surface area contributed by atoms with Gasteiger partial charge in [-0.1, -0.05) is 42.5 Å². The summed E-state index contributed by atoms with van der Waals surface area (Å²) in [4.78, 5) is 32.1. The van der Waals surface area contributed by atoms with Gasteiger partial charge >= 0.3 is 0 Å². The molecule has 246 valence electrons. The predicted molar refractivity (Wildman–Crippen MR) is 186 cm³/mol. The number of halogens is 1. The third-order valence-corrected chi connectivity index (χ3v) is 9.97. The lowest BCUT2D eigenvalue weighted by molar-refractivity contribution is 0.0949. The quantitative estimate of drug-likeness (QED) is 0.208. The highest BCUT2D eigenvalue weighted by atomic mass is 19.1. The van der Waals surface area contributed by atoms with Crippen LogP contribution in [0.15, 0.2) is 77.7 Å². The maximum atomic E-state index is 16.2. The molecule has 3 aliphatic rings. The highest BCUT2D eigenvalue weighted by Crippen LogP contribution is 2.46. The van der Waals surface area contributed by atoms with Crippen LogP contribution in [0.3, 0.4) is 0 Å². The lowest BCUT2D eigenvalue weighted by atomic mass is 10.0. The van der Waals surface area contributed by atoms with E-state index in [-0.39, 0.29) is 22.4 Å². The molecule has 0 spiro atoms. The number of hydrogen-bond donors (Lipinski definition) is 2. The first kappa shape index (κ1) is 30.4. The predicted octanol–water partition coefficient (Wildman–Crippen LogP) is 6.05. The van der Waals surface area contributed by atoms with Gasteiger partial charge < -0.3 is 34.5 Å². The van der Waals surface area contributed by atoms with Gasteiger partial charge in [0.1, 0.15) is 16.8 Å². The molecule has 2 fully saturated rings. The van der Waals surface area contributed by atoms with Crippen LogP contribution in [0.25, 0.3) is 27.4 Å². The van der Waals surface area contributed by atoms with Crippen molar-refractivity contribution in [2.75, 3.05) is 56.7 Å². The SMILES string of the molecule is CN1CCCC1CCNC(=O)c1cn2c3c(c(NCc4ccccc4N4CCOCC4)c(F)cc3c1=O)Oc1cc3ccccc3cc1-2. The lowest BCUT2D eigenvalue weighted by Gasteiger charge is -2.31. The summed E-state index contributed by atoms with van der Waals surface area (Å²) in [6, 6.07) is 21.5. The molecule has 0 radical (unpaired) electrons. The van der Waals surface area contributed by atoms with Gasteiger partial charge in [-0.2, -0.15) is 0 Å². The number of fused-ring (bicyclic) bond motifs is 3. The molecule has 3 aliphatic heterocycles. The molecule has 48 heavy (non-hydrogen) atoms. The third kappa shape index (κ3) is 5.44. The van der Waals surface area contributed by atoms with E-state index < -0.39 is 17.2 Å². The number of ether oxygens (including phenoxy) is 2. The Morgan fingerprint density at radius 1 is 0.979 bits per heavy atom. The molecule has 2 N–H and O–H groups in total. The van der Waals surface area contributed by atoms with Crippen LogP contribution in [0, 0.1) is 5.82 Å². The topological polar surface area (TPSA) is 88.1 Å². The van der Waals surface area contributed by atoms with Crippen molar-refractivity contribution in [2.45, 2.75) is 31.8 Å². The van der Waals surface area contributed by atoms with E-state index >= 15 is 4.39 Å². The highest BCUT2D eigenvalue weighted by molar-refractivity contribution is 6.02. The normalized spacial score (nSPS) is 17.4. The van der Waals surface area contributed by atoms with Crippen LogP contribution in [0.5, 0.6) is 11.5 Å². The summed E-state index contributed by atoms with van der Waals surface area (Å²) in [5.74, 6) is -0.380. The maximum absolute atomic E-state index is 16.2. The molecular formula is C38H38FN5O4. The van der Waals surface area contributed by atoms with Gasteiger partial charge in [0.2, 0.25) is 5.43 Å². The Morgan fingerprint density at radius 3 is 2.54 bits per heavy atom. The van der Waals surface area contributed by atoms with Crippen LogP contribution in [-0.2, 0) is 11.3 Å². The monoisotopic (exact) mass is 647 g/mol. The van der Waals surface area contributed by atoms with E-state index in [1.165, 1.54) is 6.07 Å². The zero-order valence-electron chi connectivity index (χ0n) is 26.9. The number of hydrogen-bond acceptors (Lipinski definition) is 7. The average molecular weight is 648 g/mol. The minimum absolute atomic E-state index is 0.0335. The maximum Gasteiger partial charge on any atom is 0.256 e. The highest BCUT2D eigenvalue weighted by Gasteiger charge is 2.29. The fraction of sp³-hybridized carbons (Fsp3) is 0.316. The Morgan fingerprint density at radius 2 is 1.75 bits per heavy atom. The number of carbonyl (C=O) groups excluding carboxylic acids is 1. The number of morpholine rings is 1. The van der Waals surface area contributed by atoms with Crippen molar-refractivity contribution in [3.05, 3.63) is 100 Å². The van der Waals surface area contributed by atoms with Gasteiger partial charge in [0.05, 0.1) is 24.3 Å². The van der Waals surface area contributed by atoms with E-state index in [0.717, 1.165) is 60.9 Å². The molecule has 5 aromatic rings. The summed E-state index contributed by atoms with van der Waals surface area (Å²) >= 11 is 0. The zero-order chi connectivity index (χ0) is 32.8. The van der Waals surface area contributed by atoms with E-state index in [1.807, 2.05) is 59.2 Å². The van der Waals surface area contributed by atoms with Crippen molar-refractivity contribution in [3.8, 4) is 17.2 Å². The second-order valence-corrected chi connectivity index (χ2v) is 12.9. The Balaban J connectivity index is 1.20. The van der Waals surface area contributed by atoms with Crippen molar-refractivity contribution < 1.29 is 18.7 Å². The number of nitrogens with zero attached hydrogens (tertiary/aromatic N) is 3. The first-order valence-electron chi connectivity index (χ1n) is 16.7. The molecule has 0 saturated carbocycles. The van der Waals surface area contributed by atoms with Gasteiger partial charge in [-0.15, -0.1) is 0 Å². The van der Waals surface area contributed by atoms with E-state index in [1.54, 1.807) is 6.20 Å². The van der Waals surface area contributed by atoms with Gasteiger partial charge in [0.25, 0.3) is 5.91 Å². The molecule has 4 aromatic carbocycles. The molecule has 1 atom stereocenters. The number of carbonyl (C=O) groups is 1. The molecule has 1 aromatic heterocycles. The Labute approximate surface area is 277 Å². The number of amides is 1. The molecule has 8 rings (SSSR count). The van der Waals surface area contributed by atoms with Crippen LogP contribution in [-0.4, -0.2) is 67.9 Å². The molecule has 2 saturated heterocycles. The molecule has 0 aliphatic carbocycles. The van der Waals surface area contributed by atoms with Gasteiger partial charge in [-0.05, 0) is 73.5 Å². The molecule has 9 nitrogen and oxygen atoms in total. The van der Waals surface area contributed by atoms with E-state index in [0.29, 0.717) is 49.3 Å². The largest absolute Gasteiger partial charge is 0.451 e. The van der Waals surface area contributed by atoms with Crippen molar-refractivity contribution >= 4 is 39.0 Å². The van der Waals surface area contributed by atoms with Crippen molar-refractivity contribution in [1.82, 2.24) is 14.8 Å². The number of nitrogens with one attached hydrogen (secondary N) is 2. The van der Waals surface area contributed by atoms with E-state index in [9.17, 15) is 9.59 Å². The summed E-state index contributed by atoms with van der Waals surface area (Å²) < 4.78 is 30.1. The number of rotatable bonds is 8. The first-order chi connectivity index (χ1) is 23.5. The number of pyridine rings is 1. The Hall–Kier alpha value is -4.93. The molecule has 0 bridgehead atoms. The number of benzene rings is 4. The van der Waals surface area contributed by atoms with Gasteiger partial charge in [-0.3, -0.25) is 9.59 Å². The molecular weight excluding hydrogens is 609 g/mol. The smallest absolute Gasteiger partial charge is 0.256 e. The minimum Gasteiger partial charge on any atom is -0.451 e. The second kappa shape index (κ2) is 12.6. The van der Waals surface area contributed by atoms with E-state index in [2.05, 4.69) is 33.5 Å². The zero-order valence-corrected chi connectivity index (χ0v) is 26.9. The van der Waals surface area contributed by atoms with Crippen LogP contribution in [0.4, 0.5) is 15.8 Å².